The molecule has 2 rings (SSSR count). The van der Waals surface area contributed by atoms with Crippen LogP contribution in [0.4, 0.5) is 0 Å². The highest BCUT2D eigenvalue weighted by Gasteiger charge is 2.12. The molecule has 0 aliphatic heterocycles. The van der Waals surface area contributed by atoms with Gasteiger partial charge in [0.2, 0.25) is 0 Å². The molecule has 9 nitrogen and oxygen atoms in total. The Balaban J connectivity index is 0.000000241. The van der Waals surface area contributed by atoms with Crippen molar-refractivity contribution >= 4 is 28.9 Å². The summed E-state index contributed by atoms with van der Waals surface area (Å²) in [5.41, 5.74) is 5.75. The van der Waals surface area contributed by atoms with Gasteiger partial charge in [-0.25, -0.2) is 14.8 Å². The fraction of sp³-hybridized carbons (Fsp3) is 0.214. The van der Waals surface area contributed by atoms with Crippen LogP contribution in [0.3, 0.4) is 0 Å². The van der Waals surface area contributed by atoms with Crippen molar-refractivity contribution < 1.29 is 29.7 Å². The molecular formula is C14H15N3O6. The van der Waals surface area contributed by atoms with Gasteiger partial charge in [-0.2, -0.15) is 0 Å². The summed E-state index contributed by atoms with van der Waals surface area (Å²) in [5.74, 6) is -3.17. The Kier molecular flexibility index (Phi) is 6.56. The lowest BCUT2D eigenvalue weighted by atomic mass is 10.2. The van der Waals surface area contributed by atoms with Crippen molar-refractivity contribution in [3.05, 3.63) is 36.2 Å². The molecule has 122 valence electrons. The molecule has 0 radical (unpaired) electrons. The highest BCUT2D eigenvalue weighted by atomic mass is 16.4. The van der Waals surface area contributed by atoms with Crippen molar-refractivity contribution in [2.45, 2.75) is 18.9 Å². The third kappa shape index (κ3) is 6.06. The van der Waals surface area contributed by atoms with Crippen LogP contribution < -0.4 is 5.73 Å². The third-order valence-corrected chi connectivity index (χ3v) is 2.69. The van der Waals surface area contributed by atoms with E-state index in [2.05, 4.69) is 9.97 Å². The minimum atomic E-state index is -1.17. The van der Waals surface area contributed by atoms with Crippen molar-refractivity contribution in [1.82, 2.24) is 9.97 Å². The van der Waals surface area contributed by atoms with Crippen molar-refractivity contribution in [2.24, 2.45) is 5.73 Å². The van der Waals surface area contributed by atoms with Crippen LogP contribution in [0.2, 0.25) is 0 Å². The van der Waals surface area contributed by atoms with Crippen molar-refractivity contribution in [2.75, 3.05) is 0 Å². The molecule has 0 aromatic carbocycles. The molecule has 2 aromatic heterocycles. The lowest BCUT2D eigenvalue weighted by Crippen LogP contribution is -2.30. The van der Waals surface area contributed by atoms with E-state index >= 15 is 0 Å². The highest BCUT2D eigenvalue weighted by molar-refractivity contribution is 5.91. The number of nitrogens with two attached hydrogens (primary N) is 1. The van der Waals surface area contributed by atoms with E-state index in [4.69, 9.17) is 21.1 Å². The van der Waals surface area contributed by atoms with Crippen LogP contribution in [0.25, 0.3) is 11.0 Å². The van der Waals surface area contributed by atoms with Crippen LogP contribution in [-0.4, -0.2) is 49.2 Å². The number of fused-ring (bicyclic) bond motifs is 1. The van der Waals surface area contributed by atoms with Gasteiger partial charge in [-0.1, -0.05) is 0 Å². The quantitative estimate of drug-likeness (QED) is 0.616. The number of carboxylic acid groups (broad SMARTS) is 3. The molecule has 2 heterocycles. The monoisotopic (exact) mass is 321 g/mol. The average molecular weight is 321 g/mol. The number of carboxylic acids is 3. The summed E-state index contributed by atoms with van der Waals surface area (Å²) < 4.78 is 0. The van der Waals surface area contributed by atoms with E-state index in [1.165, 1.54) is 6.20 Å². The number of aromatic nitrogens is 2. The van der Waals surface area contributed by atoms with E-state index in [0.29, 0.717) is 5.65 Å². The average Bonchev–Trinajstić information content (AvgIpc) is 2.52. The summed E-state index contributed by atoms with van der Waals surface area (Å²) in [6.45, 7) is 0. The Bertz CT molecular complexity index is 718. The first-order chi connectivity index (χ1) is 10.8. The molecule has 23 heavy (non-hydrogen) atoms. The topological polar surface area (TPSA) is 164 Å². The van der Waals surface area contributed by atoms with Gasteiger partial charge in [-0.05, 0) is 24.6 Å². The van der Waals surface area contributed by atoms with Crippen LogP contribution in [0.15, 0.2) is 30.6 Å². The van der Waals surface area contributed by atoms with Crippen LogP contribution in [0.5, 0.6) is 0 Å². The molecule has 9 heteroatoms. The number of aromatic carboxylic acids is 1. The standard InChI is InChI=1S/C9H6N2O2.C5H9NO4/c12-9(13)7-4-6-2-1-3-10-8(6)11-5-7;6-3(5(9)10)1-2-4(7)8/h1-5H,(H,12,13);3H,1-2,6H2,(H,7,8)(H,9,10)/t;3-/m.0/s1. The van der Waals surface area contributed by atoms with E-state index in [-0.39, 0.29) is 18.4 Å². The Labute approximate surface area is 130 Å². The molecule has 0 fully saturated rings. The molecule has 2 aromatic rings. The summed E-state index contributed by atoms with van der Waals surface area (Å²) >= 11 is 0. The minimum absolute atomic E-state index is 0.0231. The molecule has 0 aliphatic rings. The van der Waals surface area contributed by atoms with Gasteiger partial charge in [-0.15, -0.1) is 0 Å². The van der Waals surface area contributed by atoms with Crippen LogP contribution >= 0.6 is 0 Å². The van der Waals surface area contributed by atoms with Gasteiger partial charge in [0.1, 0.15) is 6.04 Å². The molecule has 0 saturated carbocycles. The summed E-state index contributed by atoms with van der Waals surface area (Å²) in [6, 6.07) is 4.02. The minimum Gasteiger partial charge on any atom is -0.481 e. The SMILES string of the molecule is N[C@@H](CCC(=O)O)C(=O)O.O=C(O)c1cnc2ncccc2c1. The van der Waals surface area contributed by atoms with Crippen LogP contribution in [-0.2, 0) is 9.59 Å². The number of aliphatic carboxylic acids is 2. The van der Waals surface area contributed by atoms with Gasteiger partial charge in [0.15, 0.2) is 5.65 Å². The van der Waals surface area contributed by atoms with Crippen LogP contribution in [0.1, 0.15) is 23.2 Å². The third-order valence-electron chi connectivity index (χ3n) is 2.69. The molecule has 0 unspecified atom stereocenters. The molecule has 1 atom stereocenters. The number of nitrogens with zero attached hydrogens (tertiary/aromatic N) is 2. The number of rotatable bonds is 5. The zero-order valence-corrected chi connectivity index (χ0v) is 11.9. The summed E-state index contributed by atoms with van der Waals surface area (Å²) in [5, 5.41) is 25.7. The Hall–Kier alpha value is -3.07. The van der Waals surface area contributed by atoms with Crippen LogP contribution in [0, 0.1) is 0 Å². The van der Waals surface area contributed by atoms with Gasteiger partial charge >= 0.3 is 17.9 Å². The van der Waals surface area contributed by atoms with Crippen molar-refractivity contribution in [3.63, 3.8) is 0 Å². The number of carbonyl (C=O) groups is 3. The summed E-state index contributed by atoms with van der Waals surface area (Å²) in [4.78, 5) is 38.3. The lowest BCUT2D eigenvalue weighted by molar-refractivity contribution is -0.139. The zero-order valence-electron chi connectivity index (χ0n) is 11.9. The second-order valence-corrected chi connectivity index (χ2v) is 4.46. The molecule has 5 N–H and O–H groups in total. The van der Waals surface area contributed by atoms with E-state index < -0.39 is 23.9 Å². The maximum atomic E-state index is 10.6. The summed E-state index contributed by atoms with van der Waals surface area (Å²) in [7, 11) is 0. The molecule has 0 aliphatic carbocycles. The highest BCUT2D eigenvalue weighted by Crippen LogP contribution is 2.09. The van der Waals surface area contributed by atoms with Crippen molar-refractivity contribution in [1.29, 1.82) is 0 Å². The zero-order chi connectivity index (χ0) is 17.4. The second kappa shape index (κ2) is 8.39. The molecule has 0 bridgehead atoms. The normalized spacial score (nSPS) is 11.2. The van der Waals surface area contributed by atoms with Gasteiger partial charge in [0.25, 0.3) is 0 Å². The Morgan fingerprint density at radius 3 is 2.43 bits per heavy atom. The lowest BCUT2D eigenvalue weighted by Gasteiger charge is -2.01. The molecule has 0 amide bonds. The van der Waals surface area contributed by atoms with E-state index in [9.17, 15) is 14.4 Å². The number of hydrogen-bond donors (Lipinski definition) is 4. The molecule has 0 spiro atoms. The van der Waals surface area contributed by atoms with Gasteiger partial charge < -0.3 is 21.1 Å². The Morgan fingerprint density at radius 2 is 1.87 bits per heavy atom. The first-order valence-corrected chi connectivity index (χ1v) is 6.45. The van der Waals surface area contributed by atoms with Gasteiger partial charge in [-0.3, -0.25) is 9.59 Å². The largest absolute Gasteiger partial charge is 0.481 e. The maximum absolute atomic E-state index is 10.6. The number of hydrogen-bond acceptors (Lipinski definition) is 6. The van der Waals surface area contributed by atoms with Crippen molar-refractivity contribution in [3.8, 4) is 0 Å². The predicted octanol–water partition coefficient (Wildman–Crippen LogP) is 0.591. The molecule has 0 saturated heterocycles. The first-order valence-electron chi connectivity index (χ1n) is 6.45. The first kappa shape index (κ1) is 18.0. The fourth-order valence-corrected chi connectivity index (χ4v) is 1.48. The second-order valence-electron chi connectivity index (χ2n) is 4.46. The maximum Gasteiger partial charge on any atom is 0.337 e. The van der Waals surface area contributed by atoms with E-state index in [0.717, 1.165) is 5.39 Å². The van der Waals surface area contributed by atoms with Gasteiger partial charge in [0.05, 0.1) is 5.56 Å². The summed E-state index contributed by atoms with van der Waals surface area (Å²) in [6.07, 6.45) is 2.70. The predicted molar refractivity (Wildman–Crippen MR) is 79.0 cm³/mol. The molecular weight excluding hydrogens is 306 g/mol. The number of pyridine rings is 2. The van der Waals surface area contributed by atoms with Gasteiger partial charge in [0, 0.05) is 24.2 Å². The van der Waals surface area contributed by atoms with E-state index in [1.54, 1.807) is 24.4 Å². The van der Waals surface area contributed by atoms with E-state index in [1.807, 2.05) is 0 Å². The smallest absolute Gasteiger partial charge is 0.337 e. The fourth-order valence-electron chi connectivity index (χ4n) is 1.48. The Morgan fingerprint density at radius 1 is 1.17 bits per heavy atom.